The summed E-state index contributed by atoms with van der Waals surface area (Å²) in [5.41, 5.74) is 1.40. The SMILES string of the molecule is CCC(C)c1ccc(OCCCCCNC)cc1. The van der Waals surface area contributed by atoms with E-state index in [2.05, 4.69) is 43.4 Å². The summed E-state index contributed by atoms with van der Waals surface area (Å²) in [5, 5.41) is 3.16. The number of rotatable bonds is 9. The van der Waals surface area contributed by atoms with Gasteiger partial charge >= 0.3 is 0 Å². The average molecular weight is 249 g/mol. The fourth-order valence-electron chi connectivity index (χ4n) is 1.90. The maximum absolute atomic E-state index is 5.73. The van der Waals surface area contributed by atoms with Crippen LogP contribution in [0.3, 0.4) is 0 Å². The highest BCUT2D eigenvalue weighted by Crippen LogP contribution is 2.21. The quantitative estimate of drug-likeness (QED) is 0.669. The van der Waals surface area contributed by atoms with E-state index in [1.165, 1.54) is 24.8 Å². The molecule has 0 saturated carbocycles. The standard InChI is InChI=1S/C16H27NO/c1-4-14(2)15-8-10-16(11-9-15)18-13-7-5-6-12-17-3/h8-11,14,17H,4-7,12-13H2,1-3H3. The van der Waals surface area contributed by atoms with Crippen LogP contribution < -0.4 is 10.1 Å². The van der Waals surface area contributed by atoms with Crippen LogP contribution >= 0.6 is 0 Å². The molecule has 0 saturated heterocycles. The van der Waals surface area contributed by atoms with Crippen LogP contribution in [-0.2, 0) is 0 Å². The summed E-state index contributed by atoms with van der Waals surface area (Å²) >= 11 is 0. The molecular weight excluding hydrogens is 222 g/mol. The van der Waals surface area contributed by atoms with Gasteiger partial charge in [0, 0.05) is 0 Å². The summed E-state index contributed by atoms with van der Waals surface area (Å²) in [7, 11) is 2.00. The highest BCUT2D eigenvalue weighted by molar-refractivity contribution is 5.29. The molecule has 0 aliphatic heterocycles. The Hall–Kier alpha value is -1.02. The van der Waals surface area contributed by atoms with Crippen LogP contribution in [0.1, 0.15) is 51.0 Å². The van der Waals surface area contributed by atoms with Gasteiger partial charge in [-0.25, -0.2) is 0 Å². The first-order valence-corrected chi connectivity index (χ1v) is 7.15. The summed E-state index contributed by atoms with van der Waals surface area (Å²) in [6.45, 7) is 6.41. The van der Waals surface area contributed by atoms with Gasteiger partial charge < -0.3 is 10.1 Å². The molecule has 0 radical (unpaired) electrons. The first kappa shape index (κ1) is 15.0. The maximum Gasteiger partial charge on any atom is 0.119 e. The van der Waals surface area contributed by atoms with Gasteiger partial charge in [0.25, 0.3) is 0 Å². The van der Waals surface area contributed by atoms with E-state index in [1.807, 2.05) is 7.05 Å². The third-order valence-electron chi connectivity index (χ3n) is 3.40. The second kappa shape index (κ2) is 8.98. The predicted molar refractivity (Wildman–Crippen MR) is 78.4 cm³/mol. The Morgan fingerprint density at radius 2 is 1.83 bits per heavy atom. The van der Waals surface area contributed by atoms with Gasteiger partial charge in [-0.2, -0.15) is 0 Å². The molecule has 0 amide bonds. The van der Waals surface area contributed by atoms with E-state index in [-0.39, 0.29) is 0 Å². The van der Waals surface area contributed by atoms with Crippen LogP contribution in [0.4, 0.5) is 0 Å². The van der Waals surface area contributed by atoms with Crippen LogP contribution in [-0.4, -0.2) is 20.2 Å². The fourth-order valence-corrected chi connectivity index (χ4v) is 1.90. The van der Waals surface area contributed by atoms with Crippen LogP contribution in [0.25, 0.3) is 0 Å². The van der Waals surface area contributed by atoms with Crippen molar-refractivity contribution in [3.05, 3.63) is 29.8 Å². The first-order chi connectivity index (χ1) is 8.77. The van der Waals surface area contributed by atoms with E-state index in [9.17, 15) is 0 Å². The van der Waals surface area contributed by atoms with Crippen molar-refractivity contribution in [2.24, 2.45) is 0 Å². The van der Waals surface area contributed by atoms with Gasteiger partial charge in [0.15, 0.2) is 0 Å². The Balaban J connectivity index is 2.22. The molecule has 0 aromatic heterocycles. The zero-order valence-corrected chi connectivity index (χ0v) is 12.0. The molecule has 2 heteroatoms. The van der Waals surface area contributed by atoms with Crippen LogP contribution in [0, 0.1) is 0 Å². The second-order valence-electron chi connectivity index (χ2n) is 4.89. The molecule has 0 fully saturated rings. The minimum Gasteiger partial charge on any atom is -0.494 e. The van der Waals surface area contributed by atoms with Crippen molar-refractivity contribution in [1.29, 1.82) is 0 Å². The number of benzene rings is 1. The average Bonchev–Trinajstić information content (AvgIpc) is 2.42. The largest absolute Gasteiger partial charge is 0.494 e. The molecule has 0 aliphatic carbocycles. The van der Waals surface area contributed by atoms with Crippen molar-refractivity contribution in [3.63, 3.8) is 0 Å². The van der Waals surface area contributed by atoms with Gasteiger partial charge in [-0.05, 0) is 62.9 Å². The van der Waals surface area contributed by atoms with E-state index in [1.54, 1.807) is 0 Å². The third-order valence-corrected chi connectivity index (χ3v) is 3.40. The smallest absolute Gasteiger partial charge is 0.119 e. The van der Waals surface area contributed by atoms with E-state index in [0.717, 1.165) is 25.3 Å². The lowest BCUT2D eigenvalue weighted by Crippen LogP contribution is -2.07. The Kier molecular flexibility index (Phi) is 7.51. The molecule has 1 N–H and O–H groups in total. The molecule has 0 bridgehead atoms. The highest BCUT2D eigenvalue weighted by Gasteiger charge is 2.02. The minimum atomic E-state index is 0.639. The van der Waals surface area contributed by atoms with Crippen LogP contribution in [0.2, 0.25) is 0 Å². The van der Waals surface area contributed by atoms with E-state index >= 15 is 0 Å². The first-order valence-electron chi connectivity index (χ1n) is 7.15. The van der Waals surface area contributed by atoms with Crippen LogP contribution in [0.15, 0.2) is 24.3 Å². The summed E-state index contributed by atoms with van der Waals surface area (Å²) in [6, 6.07) is 8.55. The van der Waals surface area contributed by atoms with Gasteiger partial charge in [-0.1, -0.05) is 26.0 Å². The number of nitrogens with one attached hydrogen (secondary N) is 1. The molecule has 1 rings (SSSR count). The van der Waals surface area contributed by atoms with Crippen molar-refractivity contribution in [3.8, 4) is 5.75 Å². The zero-order chi connectivity index (χ0) is 13.2. The van der Waals surface area contributed by atoms with Gasteiger partial charge in [0.1, 0.15) is 5.75 Å². The topological polar surface area (TPSA) is 21.3 Å². The fraction of sp³-hybridized carbons (Fsp3) is 0.625. The number of hydrogen-bond donors (Lipinski definition) is 1. The maximum atomic E-state index is 5.73. The number of hydrogen-bond acceptors (Lipinski definition) is 2. The predicted octanol–water partition coefficient (Wildman–Crippen LogP) is 3.97. The van der Waals surface area contributed by atoms with Crippen molar-refractivity contribution >= 4 is 0 Å². The zero-order valence-electron chi connectivity index (χ0n) is 12.0. The number of ether oxygens (including phenoxy) is 1. The molecule has 0 aliphatic rings. The molecule has 1 aromatic carbocycles. The normalized spacial score (nSPS) is 12.4. The Morgan fingerprint density at radius 1 is 1.11 bits per heavy atom. The van der Waals surface area contributed by atoms with E-state index in [0.29, 0.717) is 5.92 Å². The van der Waals surface area contributed by atoms with Gasteiger partial charge in [0.2, 0.25) is 0 Å². The van der Waals surface area contributed by atoms with Gasteiger partial charge in [-0.15, -0.1) is 0 Å². The Morgan fingerprint density at radius 3 is 2.44 bits per heavy atom. The number of unbranched alkanes of at least 4 members (excludes halogenated alkanes) is 2. The minimum absolute atomic E-state index is 0.639. The molecule has 1 atom stereocenters. The molecule has 2 nitrogen and oxygen atoms in total. The van der Waals surface area contributed by atoms with Crippen molar-refractivity contribution in [1.82, 2.24) is 5.32 Å². The molecule has 1 unspecified atom stereocenters. The van der Waals surface area contributed by atoms with Crippen molar-refractivity contribution in [2.75, 3.05) is 20.2 Å². The molecular formula is C16H27NO. The van der Waals surface area contributed by atoms with E-state index < -0.39 is 0 Å². The Labute approximate surface area is 112 Å². The van der Waals surface area contributed by atoms with E-state index in [4.69, 9.17) is 4.74 Å². The molecule has 18 heavy (non-hydrogen) atoms. The second-order valence-corrected chi connectivity index (χ2v) is 4.89. The Bertz CT molecular complexity index is 307. The molecule has 0 heterocycles. The summed E-state index contributed by atoms with van der Waals surface area (Å²) in [6.07, 6.45) is 4.78. The highest BCUT2D eigenvalue weighted by atomic mass is 16.5. The summed E-state index contributed by atoms with van der Waals surface area (Å²) in [4.78, 5) is 0. The lowest BCUT2D eigenvalue weighted by atomic mass is 9.99. The van der Waals surface area contributed by atoms with Crippen molar-refractivity contribution in [2.45, 2.75) is 45.4 Å². The molecule has 1 aromatic rings. The van der Waals surface area contributed by atoms with Crippen LogP contribution in [0.5, 0.6) is 5.75 Å². The third kappa shape index (κ3) is 5.54. The monoisotopic (exact) mass is 249 g/mol. The summed E-state index contributed by atoms with van der Waals surface area (Å²) in [5.74, 6) is 1.64. The molecule has 0 spiro atoms. The lowest BCUT2D eigenvalue weighted by Gasteiger charge is -2.10. The molecule has 102 valence electrons. The van der Waals surface area contributed by atoms with Gasteiger partial charge in [-0.3, -0.25) is 0 Å². The van der Waals surface area contributed by atoms with Crippen molar-refractivity contribution < 1.29 is 4.74 Å². The summed E-state index contributed by atoms with van der Waals surface area (Å²) < 4.78 is 5.73. The lowest BCUT2D eigenvalue weighted by molar-refractivity contribution is 0.305. The van der Waals surface area contributed by atoms with Gasteiger partial charge in [0.05, 0.1) is 6.61 Å².